The van der Waals surface area contributed by atoms with Crippen LogP contribution in [0.2, 0.25) is 0 Å². The van der Waals surface area contributed by atoms with Crippen molar-refractivity contribution in [3.63, 3.8) is 0 Å². The summed E-state index contributed by atoms with van der Waals surface area (Å²) < 4.78 is 11.2. The Bertz CT molecular complexity index is 876. The maximum Gasteiger partial charge on any atom is 0.287 e. The third-order valence-corrected chi connectivity index (χ3v) is 4.84. The lowest BCUT2D eigenvalue weighted by Gasteiger charge is -2.46. The monoisotopic (exact) mass is 381 g/mol. The molecule has 2 heterocycles. The Labute approximate surface area is 165 Å². The lowest BCUT2D eigenvalue weighted by molar-refractivity contribution is 0.0842. The standard InChI is InChI=1S/C22H27N3O3/c1-21(2)11-17(12-22(3,4)25-21)24-20(26)19-16(8-9-27-19)14-28-18-7-5-6-15(10-18)13-23/h5-10,17,25H,11-12,14H2,1-4H3,(H,24,26). The smallest absolute Gasteiger partial charge is 0.287 e. The second kappa shape index (κ2) is 7.69. The van der Waals surface area contributed by atoms with Gasteiger partial charge in [-0.25, -0.2) is 0 Å². The van der Waals surface area contributed by atoms with Gasteiger partial charge in [-0.3, -0.25) is 4.79 Å². The van der Waals surface area contributed by atoms with Crippen LogP contribution >= 0.6 is 0 Å². The minimum Gasteiger partial charge on any atom is -0.489 e. The molecule has 2 aromatic rings. The largest absolute Gasteiger partial charge is 0.489 e. The number of rotatable bonds is 5. The summed E-state index contributed by atoms with van der Waals surface area (Å²) in [7, 11) is 0. The van der Waals surface area contributed by atoms with Gasteiger partial charge in [0.15, 0.2) is 5.76 Å². The Morgan fingerprint density at radius 3 is 2.68 bits per heavy atom. The van der Waals surface area contributed by atoms with Crippen LogP contribution in [0.5, 0.6) is 5.75 Å². The lowest BCUT2D eigenvalue weighted by Crippen LogP contribution is -2.62. The van der Waals surface area contributed by atoms with Crippen molar-refractivity contribution < 1.29 is 13.9 Å². The summed E-state index contributed by atoms with van der Waals surface area (Å²) in [6, 6.07) is 10.8. The van der Waals surface area contributed by atoms with E-state index in [1.807, 2.05) is 0 Å². The van der Waals surface area contributed by atoms with E-state index < -0.39 is 0 Å². The molecule has 0 saturated carbocycles. The molecule has 148 valence electrons. The van der Waals surface area contributed by atoms with Crippen LogP contribution < -0.4 is 15.4 Å². The molecule has 0 atom stereocenters. The number of benzene rings is 1. The predicted octanol–water partition coefficient (Wildman–Crippen LogP) is 3.77. The third kappa shape index (κ3) is 4.93. The van der Waals surface area contributed by atoms with Crippen molar-refractivity contribution in [2.45, 2.75) is 64.3 Å². The van der Waals surface area contributed by atoms with Gasteiger partial charge in [0.1, 0.15) is 12.4 Å². The number of amides is 1. The predicted molar refractivity (Wildman–Crippen MR) is 106 cm³/mol. The molecule has 6 nitrogen and oxygen atoms in total. The van der Waals surface area contributed by atoms with Gasteiger partial charge in [-0.15, -0.1) is 0 Å². The topological polar surface area (TPSA) is 87.3 Å². The number of ether oxygens (including phenoxy) is 1. The number of piperidine rings is 1. The molecule has 3 rings (SSSR count). The first kappa shape index (κ1) is 20.0. The quantitative estimate of drug-likeness (QED) is 0.823. The summed E-state index contributed by atoms with van der Waals surface area (Å²) in [4.78, 5) is 12.8. The molecule has 6 heteroatoms. The molecule has 0 radical (unpaired) electrons. The van der Waals surface area contributed by atoms with Crippen LogP contribution in [-0.4, -0.2) is 23.0 Å². The molecule has 0 unspecified atom stereocenters. The van der Waals surface area contributed by atoms with E-state index in [4.69, 9.17) is 14.4 Å². The molecule has 0 spiro atoms. The van der Waals surface area contributed by atoms with Crippen molar-refractivity contribution in [3.05, 3.63) is 53.5 Å². The normalized spacial score (nSPS) is 18.2. The second-order valence-corrected chi connectivity index (χ2v) is 8.67. The lowest BCUT2D eigenvalue weighted by atomic mass is 9.79. The van der Waals surface area contributed by atoms with Crippen LogP contribution in [0.3, 0.4) is 0 Å². The molecule has 0 aliphatic carbocycles. The average molecular weight is 381 g/mol. The van der Waals surface area contributed by atoms with E-state index in [1.165, 1.54) is 6.26 Å². The van der Waals surface area contributed by atoms with E-state index in [2.05, 4.69) is 44.4 Å². The fraction of sp³-hybridized carbons (Fsp3) is 0.455. The van der Waals surface area contributed by atoms with Crippen LogP contribution in [-0.2, 0) is 6.61 Å². The molecule has 0 bridgehead atoms. The van der Waals surface area contributed by atoms with Crippen LogP contribution in [0.15, 0.2) is 41.0 Å². The van der Waals surface area contributed by atoms with Gasteiger partial charge in [-0.05, 0) is 64.8 Å². The number of furan rings is 1. The van der Waals surface area contributed by atoms with Crippen molar-refractivity contribution in [3.8, 4) is 11.8 Å². The SMILES string of the molecule is CC1(C)CC(NC(=O)c2occc2COc2cccc(C#N)c2)CC(C)(C)N1. The van der Waals surface area contributed by atoms with E-state index in [0.29, 0.717) is 16.9 Å². The first-order chi connectivity index (χ1) is 13.2. The second-order valence-electron chi connectivity index (χ2n) is 8.67. The highest BCUT2D eigenvalue weighted by Gasteiger charge is 2.38. The van der Waals surface area contributed by atoms with Gasteiger partial charge in [0.25, 0.3) is 5.91 Å². The summed E-state index contributed by atoms with van der Waals surface area (Å²) in [6.07, 6.45) is 3.18. The molecule has 28 heavy (non-hydrogen) atoms. The van der Waals surface area contributed by atoms with Gasteiger partial charge in [-0.1, -0.05) is 6.07 Å². The molecule has 1 amide bonds. The molecule has 2 N–H and O–H groups in total. The van der Waals surface area contributed by atoms with Crippen LogP contribution in [0.4, 0.5) is 0 Å². The van der Waals surface area contributed by atoms with Crippen molar-refractivity contribution in [2.24, 2.45) is 0 Å². The third-order valence-electron chi connectivity index (χ3n) is 4.84. The Hall–Kier alpha value is -2.78. The average Bonchev–Trinajstić information content (AvgIpc) is 3.06. The molecule has 1 aliphatic rings. The van der Waals surface area contributed by atoms with Crippen molar-refractivity contribution in [1.29, 1.82) is 5.26 Å². The summed E-state index contributed by atoms with van der Waals surface area (Å²) in [6.45, 7) is 8.78. The number of hydrogen-bond acceptors (Lipinski definition) is 5. The number of hydrogen-bond donors (Lipinski definition) is 2. The molecule has 1 aliphatic heterocycles. The van der Waals surface area contributed by atoms with E-state index in [9.17, 15) is 4.79 Å². The summed E-state index contributed by atoms with van der Waals surface area (Å²) in [5.41, 5.74) is 1.09. The Morgan fingerprint density at radius 2 is 2.00 bits per heavy atom. The van der Waals surface area contributed by atoms with E-state index in [-0.39, 0.29) is 35.4 Å². The Balaban J connectivity index is 1.66. The van der Waals surface area contributed by atoms with E-state index >= 15 is 0 Å². The fourth-order valence-corrected chi connectivity index (χ4v) is 4.14. The first-order valence-corrected chi connectivity index (χ1v) is 9.47. The van der Waals surface area contributed by atoms with Gasteiger partial charge < -0.3 is 19.8 Å². The highest BCUT2D eigenvalue weighted by atomic mass is 16.5. The maximum absolute atomic E-state index is 12.8. The number of nitrogens with one attached hydrogen (secondary N) is 2. The highest BCUT2D eigenvalue weighted by molar-refractivity contribution is 5.93. The molecular formula is C22H27N3O3. The Morgan fingerprint density at radius 1 is 1.29 bits per heavy atom. The molecule has 1 aromatic heterocycles. The fourth-order valence-electron chi connectivity index (χ4n) is 4.14. The van der Waals surface area contributed by atoms with Gasteiger partial charge in [0, 0.05) is 22.7 Å². The van der Waals surface area contributed by atoms with Crippen LogP contribution in [0, 0.1) is 11.3 Å². The minimum absolute atomic E-state index is 0.0550. The summed E-state index contributed by atoms with van der Waals surface area (Å²) in [5, 5.41) is 15.7. The molecular weight excluding hydrogens is 354 g/mol. The first-order valence-electron chi connectivity index (χ1n) is 9.47. The van der Waals surface area contributed by atoms with Gasteiger partial charge in [0.05, 0.1) is 17.9 Å². The summed E-state index contributed by atoms with van der Waals surface area (Å²) in [5.74, 6) is 0.618. The maximum atomic E-state index is 12.8. The zero-order chi connectivity index (χ0) is 20.4. The molecule has 1 fully saturated rings. The van der Waals surface area contributed by atoms with Crippen LogP contribution in [0.25, 0.3) is 0 Å². The van der Waals surface area contributed by atoms with Crippen molar-refractivity contribution in [2.75, 3.05) is 0 Å². The zero-order valence-corrected chi connectivity index (χ0v) is 16.8. The number of carbonyl (C=O) groups excluding carboxylic acids is 1. The van der Waals surface area contributed by atoms with Crippen LogP contribution in [0.1, 0.15) is 62.2 Å². The number of nitrogens with zero attached hydrogens (tertiary/aromatic N) is 1. The van der Waals surface area contributed by atoms with Gasteiger partial charge >= 0.3 is 0 Å². The van der Waals surface area contributed by atoms with E-state index in [1.54, 1.807) is 30.3 Å². The number of nitriles is 1. The molecule has 1 saturated heterocycles. The summed E-state index contributed by atoms with van der Waals surface area (Å²) >= 11 is 0. The Kier molecular flexibility index (Phi) is 5.48. The number of carbonyl (C=O) groups is 1. The van der Waals surface area contributed by atoms with Crippen molar-refractivity contribution in [1.82, 2.24) is 10.6 Å². The van der Waals surface area contributed by atoms with Gasteiger partial charge in [0.2, 0.25) is 0 Å². The zero-order valence-electron chi connectivity index (χ0n) is 16.8. The highest BCUT2D eigenvalue weighted by Crippen LogP contribution is 2.29. The van der Waals surface area contributed by atoms with Crippen molar-refractivity contribution >= 4 is 5.91 Å². The minimum atomic E-state index is -0.229. The molecule has 1 aromatic carbocycles. The van der Waals surface area contributed by atoms with Gasteiger partial charge in [-0.2, -0.15) is 5.26 Å². The van der Waals surface area contributed by atoms with E-state index in [0.717, 1.165) is 12.8 Å².